The Labute approximate surface area is 108 Å². The Morgan fingerprint density at radius 3 is 2.56 bits per heavy atom. The molecule has 0 aliphatic heterocycles. The van der Waals surface area contributed by atoms with E-state index in [2.05, 4.69) is 24.1 Å². The average molecular weight is 250 g/mol. The van der Waals surface area contributed by atoms with E-state index in [1.807, 2.05) is 6.92 Å². The predicted octanol–water partition coefficient (Wildman–Crippen LogP) is 2.24. The number of aromatic amines is 1. The summed E-state index contributed by atoms with van der Waals surface area (Å²) in [6, 6.07) is 1.52. The summed E-state index contributed by atoms with van der Waals surface area (Å²) in [5, 5.41) is 2.85. The fourth-order valence-corrected chi connectivity index (χ4v) is 1.71. The zero-order valence-electron chi connectivity index (χ0n) is 11.5. The van der Waals surface area contributed by atoms with E-state index in [0.29, 0.717) is 5.92 Å². The number of rotatable bonds is 5. The van der Waals surface area contributed by atoms with Gasteiger partial charge in [0.25, 0.3) is 5.91 Å². The van der Waals surface area contributed by atoms with Gasteiger partial charge < -0.3 is 10.3 Å². The molecular formula is C14H22N2O2. The lowest BCUT2D eigenvalue weighted by Gasteiger charge is -2.14. The maximum absolute atomic E-state index is 11.9. The van der Waals surface area contributed by atoms with Crippen molar-refractivity contribution in [1.29, 1.82) is 0 Å². The van der Waals surface area contributed by atoms with Crippen molar-refractivity contribution in [2.45, 2.75) is 46.6 Å². The second-order valence-electron chi connectivity index (χ2n) is 5.24. The SMILES string of the molecule is Cc1cc(=O)c(C(=O)NC(C)CCC(C)C)c[nH]1. The first-order valence-electron chi connectivity index (χ1n) is 6.40. The zero-order chi connectivity index (χ0) is 13.7. The summed E-state index contributed by atoms with van der Waals surface area (Å²) in [6.07, 6.45) is 3.46. The molecule has 0 saturated heterocycles. The molecule has 0 bridgehead atoms. The van der Waals surface area contributed by atoms with Crippen LogP contribution in [0.15, 0.2) is 17.1 Å². The average Bonchev–Trinajstić information content (AvgIpc) is 2.26. The minimum Gasteiger partial charge on any atom is -0.364 e. The second-order valence-corrected chi connectivity index (χ2v) is 5.24. The van der Waals surface area contributed by atoms with Crippen LogP contribution in [0.5, 0.6) is 0 Å². The van der Waals surface area contributed by atoms with Gasteiger partial charge in [-0.05, 0) is 32.6 Å². The molecule has 2 N–H and O–H groups in total. The van der Waals surface area contributed by atoms with E-state index >= 15 is 0 Å². The van der Waals surface area contributed by atoms with Crippen LogP contribution in [0.2, 0.25) is 0 Å². The molecule has 4 heteroatoms. The number of hydrogen-bond acceptors (Lipinski definition) is 2. The van der Waals surface area contributed by atoms with Crippen LogP contribution in [-0.4, -0.2) is 16.9 Å². The summed E-state index contributed by atoms with van der Waals surface area (Å²) in [6.45, 7) is 8.05. The van der Waals surface area contributed by atoms with Crippen LogP contribution in [0.1, 0.15) is 49.7 Å². The van der Waals surface area contributed by atoms with Crippen molar-refractivity contribution in [2.24, 2.45) is 5.92 Å². The third-order valence-electron chi connectivity index (χ3n) is 2.86. The molecule has 0 spiro atoms. The molecule has 0 aromatic carbocycles. The van der Waals surface area contributed by atoms with Crippen LogP contribution in [0.25, 0.3) is 0 Å². The Balaban J connectivity index is 2.62. The number of nitrogens with one attached hydrogen (secondary N) is 2. The number of pyridine rings is 1. The number of H-pyrrole nitrogens is 1. The number of amides is 1. The van der Waals surface area contributed by atoms with Crippen molar-refractivity contribution >= 4 is 5.91 Å². The van der Waals surface area contributed by atoms with Crippen LogP contribution >= 0.6 is 0 Å². The zero-order valence-corrected chi connectivity index (χ0v) is 11.5. The molecule has 1 rings (SSSR count). The van der Waals surface area contributed by atoms with Gasteiger partial charge in [0, 0.05) is 24.0 Å². The molecule has 0 radical (unpaired) electrons. The third-order valence-corrected chi connectivity index (χ3v) is 2.86. The van der Waals surface area contributed by atoms with E-state index in [-0.39, 0.29) is 22.9 Å². The normalized spacial score (nSPS) is 12.5. The number of hydrogen-bond donors (Lipinski definition) is 2. The Morgan fingerprint density at radius 2 is 2.00 bits per heavy atom. The van der Waals surface area contributed by atoms with Gasteiger partial charge in [0.1, 0.15) is 5.56 Å². The van der Waals surface area contributed by atoms with Gasteiger partial charge in [0.05, 0.1) is 0 Å². The first-order chi connectivity index (χ1) is 8.40. The van der Waals surface area contributed by atoms with Crippen LogP contribution in [-0.2, 0) is 0 Å². The summed E-state index contributed by atoms with van der Waals surface area (Å²) < 4.78 is 0. The van der Waals surface area contributed by atoms with E-state index < -0.39 is 0 Å². The maximum atomic E-state index is 11.9. The lowest BCUT2D eigenvalue weighted by molar-refractivity contribution is 0.0936. The minimum absolute atomic E-state index is 0.0839. The molecule has 1 atom stereocenters. The van der Waals surface area contributed by atoms with Crippen molar-refractivity contribution in [3.05, 3.63) is 33.7 Å². The summed E-state index contributed by atoms with van der Waals surface area (Å²) in [4.78, 5) is 26.4. The fourth-order valence-electron chi connectivity index (χ4n) is 1.71. The maximum Gasteiger partial charge on any atom is 0.256 e. The van der Waals surface area contributed by atoms with Crippen molar-refractivity contribution in [2.75, 3.05) is 0 Å². The van der Waals surface area contributed by atoms with Gasteiger partial charge in [-0.1, -0.05) is 13.8 Å². The molecule has 1 heterocycles. The summed E-state index contributed by atoms with van der Waals surface area (Å²) in [5.74, 6) is 0.319. The monoisotopic (exact) mass is 250 g/mol. The molecule has 100 valence electrons. The Morgan fingerprint density at radius 1 is 1.33 bits per heavy atom. The number of carbonyl (C=O) groups excluding carboxylic acids is 1. The smallest absolute Gasteiger partial charge is 0.256 e. The standard InChI is InChI=1S/C14H22N2O2/c1-9(2)5-6-10(3)16-14(18)12-8-15-11(4)7-13(12)17/h7-10H,5-6H2,1-4H3,(H,15,17)(H,16,18). The molecule has 18 heavy (non-hydrogen) atoms. The highest BCUT2D eigenvalue weighted by Crippen LogP contribution is 2.06. The molecule has 0 aliphatic rings. The van der Waals surface area contributed by atoms with Crippen LogP contribution in [0.4, 0.5) is 0 Å². The summed E-state index contributed by atoms with van der Waals surface area (Å²) in [5.41, 5.74) is 0.696. The van der Waals surface area contributed by atoms with Crippen LogP contribution in [0, 0.1) is 12.8 Å². The van der Waals surface area contributed by atoms with Gasteiger partial charge in [0.2, 0.25) is 0 Å². The first kappa shape index (κ1) is 14.5. The number of aromatic nitrogens is 1. The van der Waals surface area contributed by atoms with Crippen molar-refractivity contribution in [1.82, 2.24) is 10.3 Å². The molecule has 1 aromatic heterocycles. The molecule has 1 unspecified atom stereocenters. The molecule has 0 fully saturated rings. The van der Waals surface area contributed by atoms with Gasteiger partial charge in [0.15, 0.2) is 5.43 Å². The van der Waals surface area contributed by atoms with Gasteiger partial charge in [-0.25, -0.2) is 0 Å². The Bertz CT molecular complexity index is 463. The third kappa shape index (κ3) is 4.35. The van der Waals surface area contributed by atoms with Gasteiger partial charge in [-0.2, -0.15) is 0 Å². The van der Waals surface area contributed by atoms with Crippen molar-refractivity contribution < 1.29 is 4.79 Å². The molecule has 0 saturated carbocycles. The Hall–Kier alpha value is -1.58. The minimum atomic E-state index is -0.299. The molecule has 1 aromatic rings. The molecule has 4 nitrogen and oxygen atoms in total. The van der Waals surface area contributed by atoms with E-state index in [9.17, 15) is 9.59 Å². The van der Waals surface area contributed by atoms with Crippen molar-refractivity contribution in [3.8, 4) is 0 Å². The largest absolute Gasteiger partial charge is 0.364 e. The van der Waals surface area contributed by atoms with Gasteiger partial charge >= 0.3 is 0 Å². The molecule has 1 amide bonds. The number of carbonyl (C=O) groups is 1. The number of aryl methyl sites for hydroxylation is 1. The van der Waals surface area contributed by atoms with E-state index in [1.165, 1.54) is 12.3 Å². The fraction of sp³-hybridized carbons (Fsp3) is 0.571. The Kier molecular flexibility index (Phi) is 5.13. The molecule has 0 aliphatic carbocycles. The van der Waals surface area contributed by atoms with E-state index in [0.717, 1.165) is 18.5 Å². The highest BCUT2D eigenvalue weighted by Gasteiger charge is 2.13. The molecular weight excluding hydrogens is 228 g/mol. The lowest BCUT2D eigenvalue weighted by atomic mass is 10.0. The van der Waals surface area contributed by atoms with E-state index in [1.54, 1.807) is 6.92 Å². The second kappa shape index (κ2) is 6.38. The lowest BCUT2D eigenvalue weighted by Crippen LogP contribution is -2.35. The topological polar surface area (TPSA) is 62.0 Å². The summed E-state index contributed by atoms with van der Waals surface area (Å²) >= 11 is 0. The quantitative estimate of drug-likeness (QED) is 0.841. The highest BCUT2D eigenvalue weighted by molar-refractivity contribution is 5.93. The predicted molar refractivity (Wildman–Crippen MR) is 72.8 cm³/mol. The van der Waals surface area contributed by atoms with Crippen molar-refractivity contribution in [3.63, 3.8) is 0 Å². The first-order valence-corrected chi connectivity index (χ1v) is 6.40. The highest BCUT2D eigenvalue weighted by atomic mass is 16.2. The van der Waals surface area contributed by atoms with Crippen LogP contribution in [0.3, 0.4) is 0 Å². The van der Waals surface area contributed by atoms with Crippen LogP contribution < -0.4 is 10.7 Å². The summed E-state index contributed by atoms with van der Waals surface area (Å²) in [7, 11) is 0. The van der Waals surface area contributed by atoms with Gasteiger partial charge in [-0.3, -0.25) is 9.59 Å². The van der Waals surface area contributed by atoms with E-state index in [4.69, 9.17) is 0 Å². The van der Waals surface area contributed by atoms with Gasteiger partial charge in [-0.15, -0.1) is 0 Å².